The minimum atomic E-state index is -0.242. The van der Waals surface area contributed by atoms with Gasteiger partial charge in [-0.15, -0.1) is 0 Å². The molecule has 2 amide bonds. The molecule has 126 valence electrons. The van der Waals surface area contributed by atoms with E-state index in [9.17, 15) is 4.79 Å². The van der Waals surface area contributed by atoms with E-state index in [-0.39, 0.29) is 6.03 Å². The Morgan fingerprint density at radius 1 is 1.12 bits per heavy atom. The van der Waals surface area contributed by atoms with Gasteiger partial charge in [0.2, 0.25) is 0 Å². The SMILES string of the molecule is O=C(NCc1cccc(Cl)c1)Nc1cccc(N2CCOCC2)c1. The van der Waals surface area contributed by atoms with Gasteiger partial charge in [-0.3, -0.25) is 0 Å². The number of benzene rings is 2. The Morgan fingerprint density at radius 2 is 1.92 bits per heavy atom. The van der Waals surface area contributed by atoms with Crippen LogP contribution in [-0.4, -0.2) is 32.3 Å². The Morgan fingerprint density at radius 3 is 2.71 bits per heavy atom. The van der Waals surface area contributed by atoms with Crippen LogP contribution in [0.1, 0.15) is 5.56 Å². The fourth-order valence-electron chi connectivity index (χ4n) is 2.61. The van der Waals surface area contributed by atoms with E-state index < -0.39 is 0 Å². The summed E-state index contributed by atoms with van der Waals surface area (Å²) in [5, 5.41) is 6.36. The highest BCUT2D eigenvalue weighted by Crippen LogP contribution is 2.20. The molecule has 2 aromatic rings. The number of carbonyl (C=O) groups is 1. The van der Waals surface area contributed by atoms with Gasteiger partial charge in [-0.2, -0.15) is 0 Å². The third-order valence-electron chi connectivity index (χ3n) is 3.82. The molecule has 24 heavy (non-hydrogen) atoms. The van der Waals surface area contributed by atoms with Gasteiger partial charge in [0.1, 0.15) is 0 Å². The highest BCUT2D eigenvalue weighted by molar-refractivity contribution is 6.30. The second-order valence-electron chi connectivity index (χ2n) is 5.59. The minimum absolute atomic E-state index is 0.242. The van der Waals surface area contributed by atoms with Gasteiger partial charge in [0.05, 0.1) is 13.2 Å². The Hall–Kier alpha value is -2.24. The Balaban J connectivity index is 1.56. The molecule has 0 radical (unpaired) electrons. The van der Waals surface area contributed by atoms with Gasteiger partial charge in [0.15, 0.2) is 0 Å². The van der Waals surface area contributed by atoms with E-state index >= 15 is 0 Å². The van der Waals surface area contributed by atoms with Crippen molar-refractivity contribution >= 4 is 29.0 Å². The number of anilines is 2. The summed E-state index contributed by atoms with van der Waals surface area (Å²) in [6.07, 6.45) is 0. The number of nitrogens with zero attached hydrogens (tertiary/aromatic N) is 1. The number of carbonyl (C=O) groups excluding carboxylic acids is 1. The normalized spacial score (nSPS) is 14.3. The standard InChI is InChI=1S/C18H20ClN3O2/c19-15-4-1-3-14(11-15)13-20-18(23)21-16-5-2-6-17(12-16)22-7-9-24-10-8-22/h1-6,11-12H,7-10,13H2,(H2,20,21,23). The summed E-state index contributed by atoms with van der Waals surface area (Å²) in [5.74, 6) is 0. The fraction of sp³-hybridized carbons (Fsp3) is 0.278. The molecular formula is C18H20ClN3O2. The Kier molecular flexibility index (Phi) is 5.56. The molecule has 1 aliphatic heterocycles. The highest BCUT2D eigenvalue weighted by atomic mass is 35.5. The molecule has 1 saturated heterocycles. The molecule has 0 spiro atoms. The lowest BCUT2D eigenvalue weighted by Crippen LogP contribution is -2.36. The van der Waals surface area contributed by atoms with Crippen LogP contribution < -0.4 is 15.5 Å². The zero-order valence-corrected chi connectivity index (χ0v) is 14.1. The van der Waals surface area contributed by atoms with E-state index in [2.05, 4.69) is 15.5 Å². The second-order valence-corrected chi connectivity index (χ2v) is 6.02. The summed E-state index contributed by atoms with van der Waals surface area (Å²) in [6, 6.07) is 15.0. The maximum absolute atomic E-state index is 12.1. The maximum atomic E-state index is 12.1. The number of nitrogens with one attached hydrogen (secondary N) is 2. The van der Waals surface area contributed by atoms with Crippen LogP contribution in [0.2, 0.25) is 5.02 Å². The van der Waals surface area contributed by atoms with Gasteiger partial charge in [-0.05, 0) is 35.9 Å². The quantitative estimate of drug-likeness (QED) is 0.891. The zero-order chi connectivity index (χ0) is 16.8. The van der Waals surface area contributed by atoms with Gasteiger partial charge in [0.25, 0.3) is 0 Å². The summed E-state index contributed by atoms with van der Waals surface area (Å²) in [7, 11) is 0. The molecule has 2 aromatic carbocycles. The topological polar surface area (TPSA) is 53.6 Å². The molecular weight excluding hydrogens is 326 g/mol. The first-order valence-corrected chi connectivity index (χ1v) is 8.30. The number of amides is 2. The van der Waals surface area contributed by atoms with Crippen molar-refractivity contribution in [3.05, 3.63) is 59.1 Å². The summed E-state index contributed by atoms with van der Waals surface area (Å²) in [5.41, 5.74) is 2.81. The van der Waals surface area contributed by atoms with Crippen molar-refractivity contribution in [3.63, 3.8) is 0 Å². The van der Waals surface area contributed by atoms with Crippen molar-refractivity contribution in [1.29, 1.82) is 0 Å². The first-order chi connectivity index (χ1) is 11.7. The number of ether oxygens (including phenoxy) is 1. The lowest BCUT2D eigenvalue weighted by molar-refractivity contribution is 0.122. The van der Waals surface area contributed by atoms with E-state index in [1.807, 2.05) is 48.5 Å². The van der Waals surface area contributed by atoms with Gasteiger partial charge in [-0.25, -0.2) is 4.79 Å². The average molecular weight is 346 g/mol. The molecule has 1 aliphatic rings. The number of hydrogen-bond acceptors (Lipinski definition) is 3. The van der Waals surface area contributed by atoms with Crippen LogP contribution in [0.3, 0.4) is 0 Å². The van der Waals surface area contributed by atoms with Crippen LogP contribution in [-0.2, 0) is 11.3 Å². The molecule has 0 atom stereocenters. The molecule has 2 N–H and O–H groups in total. The van der Waals surface area contributed by atoms with Gasteiger partial charge in [-0.1, -0.05) is 29.8 Å². The molecule has 0 aliphatic carbocycles. The van der Waals surface area contributed by atoms with Crippen molar-refractivity contribution in [2.24, 2.45) is 0 Å². The third-order valence-corrected chi connectivity index (χ3v) is 4.06. The van der Waals surface area contributed by atoms with E-state index in [0.29, 0.717) is 11.6 Å². The molecule has 0 bridgehead atoms. The van der Waals surface area contributed by atoms with Gasteiger partial charge >= 0.3 is 6.03 Å². The average Bonchev–Trinajstić information content (AvgIpc) is 2.61. The number of halogens is 1. The smallest absolute Gasteiger partial charge is 0.319 e. The molecule has 0 unspecified atom stereocenters. The highest BCUT2D eigenvalue weighted by Gasteiger charge is 2.11. The van der Waals surface area contributed by atoms with Crippen molar-refractivity contribution < 1.29 is 9.53 Å². The van der Waals surface area contributed by atoms with E-state index in [0.717, 1.165) is 43.2 Å². The summed E-state index contributed by atoms with van der Waals surface area (Å²) in [4.78, 5) is 14.3. The summed E-state index contributed by atoms with van der Waals surface area (Å²) in [6.45, 7) is 3.62. The van der Waals surface area contributed by atoms with E-state index in [4.69, 9.17) is 16.3 Å². The predicted molar refractivity (Wildman–Crippen MR) is 96.8 cm³/mol. The number of rotatable bonds is 4. The Bertz CT molecular complexity index is 702. The number of morpholine rings is 1. The second kappa shape index (κ2) is 8.04. The minimum Gasteiger partial charge on any atom is -0.378 e. The van der Waals surface area contributed by atoms with Crippen molar-refractivity contribution in [2.45, 2.75) is 6.54 Å². The van der Waals surface area contributed by atoms with Gasteiger partial charge < -0.3 is 20.3 Å². The molecule has 3 rings (SSSR count). The van der Waals surface area contributed by atoms with Crippen LogP contribution in [0.5, 0.6) is 0 Å². The first-order valence-electron chi connectivity index (χ1n) is 7.93. The maximum Gasteiger partial charge on any atom is 0.319 e. The Labute approximate surface area is 146 Å². The predicted octanol–water partition coefficient (Wildman–Crippen LogP) is 3.50. The van der Waals surface area contributed by atoms with E-state index in [1.54, 1.807) is 0 Å². The molecule has 1 fully saturated rings. The largest absolute Gasteiger partial charge is 0.378 e. The van der Waals surface area contributed by atoms with Crippen LogP contribution in [0, 0.1) is 0 Å². The van der Waals surface area contributed by atoms with Crippen LogP contribution in [0.15, 0.2) is 48.5 Å². The van der Waals surface area contributed by atoms with Crippen LogP contribution in [0.25, 0.3) is 0 Å². The molecule has 0 aromatic heterocycles. The fourth-order valence-corrected chi connectivity index (χ4v) is 2.82. The number of urea groups is 1. The molecule has 6 heteroatoms. The van der Waals surface area contributed by atoms with Crippen LogP contribution in [0.4, 0.5) is 16.2 Å². The lowest BCUT2D eigenvalue weighted by Gasteiger charge is -2.29. The van der Waals surface area contributed by atoms with Gasteiger partial charge in [0, 0.05) is 36.0 Å². The van der Waals surface area contributed by atoms with E-state index in [1.165, 1.54) is 0 Å². The first kappa shape index (κ1) is 16.6. The summed E-state index contributed by atoms with van der Waals surface area (Å²) < 4.78 is 5.37. The van der Waals surface area contributed by atoms with Crippen molar-refractivity contribution in [3.8, 4) is 0 Å². The van der Waals surface area contributed by atoms with Crippen molar-refractivity contribution in [1.82, 2.24) is 5.32 Å². The summed E-state index contributed by atoms with van der Waals surface area (Å²) >= 11 is 5.94. The van der Waals surface area contributed by atoms with Crippen molar-refractivity contribution in [2.75, 3.05) is 36.5 Å². The molecule has 1 heterocycles. The molecule has 0 saturated carbocycles. The number of hydrogen-bond donors (Lipinski definition) is 2. The molecule has 5 nitrogen and oxygen atoms in total. The monoisotopic (exact) mass is 345 g/mol. The third kappa shape index (κ3) is 4.63. The van der Waals surface area contributed by atoms with Crippen LogP contribution >= 0.6 is 11.6 Å². The zero-order valence-electron chi connectivity index (χ0n) is 13.3. The lowest BCUT2D eigenvalue weighted by atomic mass is 10.2.